The smallest absolute Gasteiger partial charge is 0.322 e. The van der Waals surface area contributed by atoms with E-state index in [2.05, 4.69) is 26.6 Å². The monoisotopic (exact) mass is 351 g/mol. The average molecular weight is 352 g/mol. The van der Waals surface area contributed by atoms with E-state index in [1.54, 1.807) is 6.07 Å². The van der Waals surface area contributed by atoms with E-state index >= 15 is 0 Å². The van der Waals surface area contributed by atoms with Gasteiger partial charge in [-0.3, -0.25) is 9.59 Å². The first-order valence-corrected chi connectivity index (χ1v) is 6.91. The highest BCUT2D eigenvalue weighted by Gasteiger charge is 2.09. The summed E-state index contributed by atoms with van der Waals surface area (Å²) in [5.41, 5.74) is 0.940. The molecule has 0 aliphatic heterocycles. The van der Waals surface area contributed by atoms with E-state index in [9.17, 15) is 9.59 Å². The van der Waals surface area contributed by atoms with E-state index in [1.165, 1.54) is 6.20 Å². The predicted octanol–water partition coefficient (Wildman–Crippen LogP) is 1.19. The standard InChI is InChI=1S/C14H14BrN3O3/c15-12-4-2-1-3-10(12)5-6-17-8-11(7-16)14(21)18-9-13(19)20/h1-4,8,17H,5-6,9H2,(H,18,21)(H,19,20)/b11-8-. The van der Waals surface area contributed by atoms with E-state index in [0.717, 1.165) is 10.0 Å². The van der Waals surface area contributed by atoms with Gasteiger partial charge in [-0.05, 0) is 18.1 Å². The van der Waals surface area contributed by atoms with Crippen molar-refractivity contribution in [3.05, 3.63) is 46.1 Å². The number of carbonyl (C=O) groups excluding carboxylic acids is 1. The summed E-state index contributed by atoms with van der Waals surface area (Å²) >= 11 is 3.43. The Morgan fingerprint density at radius 2 is 2.10 bits per heavy atom. The number of aliphatic carboxylic acids is 1. The SMILES string of the molecule is N#C/C(=C/NCCc1ccccc1Br)C(=O)NCC(=O)O. The van der Waals surface area contributed by atoms with Gasteiger partial charge in [0.1, 0.15) is 18.2 Å². The fourth-order valence-electron chi connectivity index (χ4n) is 1.48. The highest BCUT2D eigenvalue weighted by atomic mass is 79.9. The van der Waals surface area contributed by atoms with Crippen LogP contribution < -0.4 is 10.6 Å². The Hall–Kier alpha value is -2.33. The second-order valence-electron chi connectivity index (χ2n) is 4.04. The Bertz CT molecular complexity index is 593. The van der Waals surface area contributed by atoms with Crippen molar-refractivity contribution in [3.63, 3.8) is 0 Å². The van der Waals surface area contributed by atoms with Crippen molar-refractivity contribution in [1.82, 2.24) is 10.6 Å². The molecule has 0 aliphatic carbocycles. The van der Waals surface area contributed by atoms with E-state index in [0.29, 0.717) is 13.0 Å². The summed E-state index contributed by atoms with van der Waals surface area (Å²) in [5, 5.41) is 22.3. The molecule has 7 heteroatoms. The van der Waals surface area contributed by atoms with Gasteiger partial charge in [0.2, 0.25) is 0 Å². The number of nitrogens with zero attached hydrogens (tertiary/aromatic N) is 1. The van der Waals surface area contributed by atoms with E-state index in [4.69, 9.17) is 10.4 Å². The minimum atomic E-state index is -1.16. The van der Waals surface area contributed by atoms with Gasteiger partial charge in [-0.25, -0.2) is 0 Å². The molecule has 0 spiro atoms. The average Bonchev–Trinajstić information content (AvgIpc) is 2.46. The molecule has 1 aromatic carbocycles. The second kappa shape index (κ2) is 8.76. The van der Waals surface area contributed by atoms with Gasteiger partial charge in [-0.2, -0.15) is 5.26 Å². The lowest BCUT2D eigenvalue weighted by Gasteiger charge is -2.05. The molecular formula is C14H14BrN3O3. The summed E-state index contributed by atoms with van der Waals surface area (Å²) in [4.78, 5) is 21.8. The van der Waals surface area contributed by atoms with Crippen molar-refractivity contribution in [3.8, 4) is 6.07 Å². The summed E-state index contributed by atoms with van der Waals surface area (Å²) in [5.74, 6) is -1.88. The number of nitrogens with one attached hydrogen (secondary N) is 2. The molecule has 0 fully saturated rings. The van der Waals surface area contributed by atoms with Crippen LogP contribution in [0.3, 0.4) is 0 Å². The molecule has 0 unspecified atom stereocenters. The molecule has 0 saturated heterocycles. The molecule has 1 aromatic rings. The lowest BCUT2D eigenvalue weighted by molar-refractivity contribution is -0.137. The summed E-state index contributed by atoms with van der Waals surface area (Å²) in [6.45, 7) is 0.0226. The zero-order valence-corrected chi connectivity index (χ0v) is 12.7. The number of hydrogen-bond donors (Lipinski definition) is 3. The highest BCUT2D eigenvalue weighted by Crippen LogP contribution is 2.15. The summed E-state index contributed by atoms with van der Waals surface area (Å²) in [6.07, 6.45) is 2.00. The Kier molecular flexibility index (Phi) is 6.98. The van der Waals surface area contributed by atoms with Gasteiger partial charge in [-0.15, -0.1) is 0 Å². The van der Waals surface area contributed by atoms with Crippen molar-refractivity contribution in [2.24, 2.45) is 0 Å². The Morgan fingerprint density at radius 3 is 2.71 bits per heavy atom. The molecule has 1 rings (SSSR count). The van der Waals surface area contributed by atoms with Crippen molar-refractivity contribution in [1.29, 1.82) is 5.26 Å². The fraction of sp³-hybridized carbons (Fsp3) is 0.214. The first-order valence-electron chi connectivity index (χ1n) is 6.11. The third kappa shape index (κ3) is 6.10. The van der Waals surface area contributed by atoms with Crippen LogP contribution in [-0.4, -0.2) is 30.1 Å². The largest absolute Gasteiger partial charge is 0.480 e. The van der Waals surface area contributed by atoms with Gasteiger partial charge in [0.25, 0.3) is 5.91 Å². The number of hydrogen-bond acceptors (Lipinski definition) is 4. The molecule has 0 radical (unpaired) electrons. The van der Waals surface area contributed by atoms with Crippen molar-refractivity contribution in [2.45, 2.75) is 6.42 Å². The van der Waals surface area contributed by atoms with Gasteiger partial charge in [-0.1, -0.05) is 34.1 Å². The van der Waals surface area contributed by atoms with Crippen LogP contribution in [0.25, 0.3) is 0 Å². The van der Waals surface area contributed by atoms with Crippen molar-refractivity contribution >= 4 is 27.8 Å². The number of nitriles is 1. The molecule has 0 aromatic heterocycles. The summed E-state index contributed by atoms with van der Waals surface area (Å²) < 4.78 is 0.996. The van der Waals surface area contributed by atoms with Gasteiger partial charge in [0.15, 0.2) is 0 Å². The molecule has 21 heavy (non-hydrogen) atoms. The van der Waals surface area contributed by atoms with E-state index < -0.39 is 18.4 Å². The van der Waals surface area contributed by atoms with E-state index in [1.807, 2.05) is 24.3 Å². The predicted molar refractivity (Wildman–Crippen MR) is 80.2 cm³/mol. The lowest BCUT2D eigenvalue weighted by atomic mass is 10.1. The van der Waals surface area contributed by atoms with Gasteiger partial charge >= 0.3 is 5.97 Å². The number of carboxylic acid groups (broad SMARTS) is 1. The van der Waals surface area contributed by atoms with Crippen LogP contribution in [0, 0.1) is 11.3 Å². The zero-order valence-electron chi connectivity index (χ0n) is 11.1. The molecule has 0 aliphatic rings. The summed E-state index contributed by atoms with van der Waals surface area (Å²) in [7, 11) is 0. The van der Waals surface area contributed by atoms with Gasteiger partial charge in [0, 0.05) is 17.2 Å². The van der Waals surface area contributed by atoms with Crippen molar-refractivity contribution in [2.75, 3.05) is 13.1 Å². The molecule has 0 heterocycles. The normalized spacial score (nSPS) is 10.6. The summed E-state index contributed by atoms with van der Waals surface area (Å²) in [6, 6.07) is 9.47. The van der Waals surface area contributed by atoms with Crippen molar-refractivity contribution < 1.29 is 14.7 Å². The number of carboxylic acids is 1. The zero-order chi connectivity index (χ0) is 15.7. The molecule has 110 valence electrons. The molecule has 0 bridgehead atoms. The number of benzene rings is 1. The molecule has 0 saturated carbocycles. The minimum Gasteiger partial charge on any atom is -0.480 e. The number of halogens is 1. The fourth-order valence-corrected chi connectivity index (χ4v) is 1.96. The van der Waals surface area contributed by atoms with Crippen LogP contribution in [0.1, 0.15) is 5.56 Å². The van der Waals surface area contributed by atoms with Crippen LogP contribution >= 0.6 is 15.9 Å². The highest BCUT2D eigenvalue weighted by molar-refractivity contribution is 9.10. The minimum absolute atomic E-state index is 0.164. The van der Waals surface area contributed by atoms with E-state index in [-0.39, 0.29) is 5.57 Å². The molecular weight excluding hydrogens is 338 g/mol. The van der Waals surface area contributed by atoms with Gasteiger partial charge < -0.3 is 15.7 Å². The molecule has 6 nitrogen and oxygen atoms in total. The van der Waals surface area contributed by atoms with Crippen LogP contribution in [0.2, 0.25) is 0 Å². The maximum Gasteiger partial charge on any atom is 0.322 e. The third-order valence-electron chi connectivity index (χ3n) is 2.51. The number of carbonyl (C=O) groups is 2. The van der Waals surface area contributed by atoms with Crippen LogP contribution in [0.4, 0.5) is 0 Å². The van der Waals surface area contributed by atoms with Crippen LogP contribution in [0.5, 0.6) is 0 Å². The Morgan fingerprint density at radius 1 is 1.38 bits per heavy atom. The van der Waals surface area contributed by atoms with Crippen LogP contribution in [-0.2, 0) is 16.0 Å². The number of amides is 1. The Labute approximate surface area is 130 Å². The first-order chi connectivity index (χ1) is 10.0. The molecule has 1 amide bonds. The number of rotatable bonds is 7. The lowest BCUT2D eigenvalue weighted by Crippen LogP contribution is -2.30. The molecule has 0 atom stereocenters. The second-order valence-corrected chi connectivity index (χ2v) is 4.90. The Balaban J connectivity index is 2.47. The maximum atomic E-state index is 11.5. The van der Waals surface area contributed by atoms with Gasteiger partial charge in [0.05, 0.1) is 0 Å². The molecule has 3 N–H and O–H groups in total. The quantitative estimate of drug-likeness (QED) is 0.389. The van der Waals surface area contributed by atoms with Crippen LogP contribution in [0.15, 0.2) is 40.5 Å². The first kappa shape index (κ1) is 16.7. The maximum absolute atomic E-state index is 11.5. The topological polar surface area (TPSA) is 102 Å². The third-order valence-corrected chi connectivity index (χ3v) is 3.28.